The quantitative estimate of drug-likeness (QED) is 0.0312. The van der Waals surface area contributed by atoms with Crippen molar-refractivity contribution in [2.75, 3.05) is 95.0 Å². The molecule has 0 radical (unpaired) electrons. The molecule has 103 heavy (non-hydrogen) atoms. The molecule has 0 unspecified atom stereocenters. The zero-order valence-electron chi connectivity index (χ0n) is 62.4. The minimum absolute atomic E-state index is 0.161. The Hall–Kier alpha value is -7.36. The zero-order chi connectivity index (χ0) is 70.9. The molecule has 3 saturated carbocycles. The van der Waals surface area contributed by atoms with Gasteiger partial charge in [0.05, 0.1) is 18.3 Å². The number of anilines is 3. The third kappa shape index (κ3) is 19.4. The van der Waals surface area contributed by atoms with Crippen LogP contribution in [0.4, 0.5) is 17.8 Å². The molecule has 6 aromatic heterocycles. The van der Waals surface area contributed by atoms with E-state index in [0.29, 0.717) is 36.0 Å². The topological polar surface area (TPSA) is 202 Å². The summed E-state index contributed by atoms with van der Waals surface area (Å²) < 4.78 is 7.05. The van der Waals surface area contributed by atoms with Crippen LogP contribution in [0.15, 0.2) is 110 Å². The molecule has 19 nitrogen and oxygen atoms in total. The van der Waals surface area contributed by atoms with Crippen molar-refractivity contribution in [1.82, 2.24) is 63.2 Å². The smallest absolute Gasteiger partial charge is 0.224 e. The van der Waals surface area contributed by atoms with E-state index in [2.05, 4.69) is 183 Å². The maximum atomic E-state index is 10.0. The van der Waals surface area contributed by atoms with E-state index in [0.717, 1.165) is 214 Å². The number of aromatic nitrogens is 9. The second kappa shape index (κ2) is 36.6. The summed E-state index contributed by atoms with van der Waals surface area (Å²) >= 11 is 0. The Balaban J connectivity index is 0.000000138. The van der Waals surface area contributed by atoms with Gasteiger partial charge >= 0.3 is 0 Å². The summed E-state index contributed by atoms with van der Waals surface area (Å²) in [6, 6.07) is 28.3. The highest BCUT2D eigenvalue weighted by Gasteiger charge is 2.29. The molecule has 3 aliphatic carbocycles. The number of piperazine rings is 1. The molecule has 0 amide bonds. The van der Waals surface area contributed by atoms with E-state index in [1.165, 1.54) is 115 Å². The Morgan fingerprint density at radius 2 is 0.641 bits per heavy atom. The van der Waals surface area contributed by atoms with Crippen LogP contribution in [-0.4, -0.2) is 176 Å². The molecule has 3 aromatic carbocycles. The summed E-state index contributed by atoms with van der Waals surface area (Å²) in [6.07, 6.45) is 38.2. The minimum atomic E-state index is -0.165. The third-order valence-electron chi connectivity index (χ3n) is 22.8. The number of likely N-dealkylation sites (tertiary alicyclic amines) is 2. The van der Waals surface area contributed by atoms with Crippen LogP contribution in [-0.2, 0) is 19.6 Å². The predicted octanol–water partition coefficient (Wildman–Crippen LogP) is 16.1. The Kier molecular flexibility index (Phi) is 26.2. The van der Waals surface area contributed by atoms with Gasteiger partial charge in [0.15, 0.2) is 0 Å². The van der Waals surface area contributed by atoms with E-state index in [1.54, 1.807) is 0 Å². The van der Waals surface area contributed by atoms with Crippen molar-refractivity contribution in [3.63, 3.8) is 0 Å². The number of aliphatic hydroxyl groups excluding tert-OH is 3. The van der Waals surface area contributed by atoms with Crippen molar-refractivity contribution >= 4 is 50.9 Å². The maximum Gasteiger partial charge on any atom is 0.224 e. The molecule has 15 rings (SSSR count). The number of hydrogen-bond acceptors (Lipinski definition) is 16. The Bertz CT molecular complexity index is 3880. The summed E-state index contributed by atoms with van der Waals surface area (Å²) in [6.45, 7) is 21.8. The Morgan fingerprint density at radius 3 is 0.922 bits per heavy atom. The first kappa shape index (κ1) is 73.9. The van der Waals surface area contributed by atoms with E-state index < -0.39 is 0 Å². The average Bonchev–Trinajstić information content (AvgIpc) is 1.64. The lowest BCUT2D eigenvalue weighted by atomic mass is 9.93. The van der Waals surface area contributed by atoms with Crippen LogP contribution < -0.4 is 16.0 Å². The van der Waals surface area contributed by atoms with Gasteiger partial charge in [0.25, 0.3) is 0 Å². The van der Waals surface area contributed by atoms with E-state index in [1.807, 2.05) is 18.6 Å². The van der Waals surface area contributed by atoms with Crippen LogP contribution in [0.3, 0.4) is 0 Å². The fourth-order valence-corrected chi connectivity index (χ4v) is 16.4. The molecule has 552 valence electrons. The lowest BCUT2D eigenvalue weighted by Crippen LogP contribution is -2.43. The first-order valence-corrected chi connectivity index (χ1v) is 40.0. The highest BCUT2D eigenvalue weighted by Crippen LogP contribution is 2.41. The lowest BCUT2D eigenvalue weighted by Gasteiger charge is -2.32. The summed E-state index contributed by atoms with van der Waals surface area (Å²) in [5.74, 6) is 2.12. The van der Waals surface area contributed by atoms with E-state index in [4.69, 9.17) is 15.0 Å². The predicted molar refractivity (Wildman–Crippen MR) is 421 cm³/mol. The van der Waals surface area contributed by atoms with Crippen LogP contribution in [0.1, 0.15) is 210 Å². The van der Waals surface area contributed by atoms with Crippen LogP contribution >= 0.6 is 0 Å². The average molecular weight is 1400 g/mol. The van der Waals surface area contributed by atoms with Crippen molar-refractivity contribution in [2.24, 2.45) is 0 Å². The summed E-state index contributed by atoms with van der Waals surface area (Å²) in [4.78, 5) is 38.9. The van der Waals surface area contributed by atoms with Gasteiger partial charge in [0.1, 0.15) is 16.9 Å². The standard InChI is InChI=1S/C28H40N6O.2C28H39N5O/c1-3-4-13-29-28-30-18-25-26(20-34(27(25)31-28)23-9-11-24(35)12-10-23)22-7-5-21(6-8-22)19-33-16-14-32(2)15-17-33;2*1-2-3-15-29-28-30-18-25-26(20-33(27(25)31-28)23-11-13-24(34)14-12-23)22-9-7-21(8-10-22)19-32-16-5-4-6-17-32/h5-8,18,20,23-24,35H,3-4,9-17,19H2,1-2H3,(H,29,30,31);2*7-10,18,20,23-24,34H,2-6,11-17,19H2,1H3,(H,29,30,31). The fourth-order valence-electron chi connectivity index (χ4n) is 16.4. The molecule has 0 spiro atoms. The molecule has 19 heteroatoms. The molecule has 3 saturated heterocycles. The summed E-state index contributed by atoms with van der Waals surface area (Å²) in [5, 5.41) is 43.6. The molecule has 9 aromatic rings. The van der Waals surface area contributed by atoms with Gasteiger partial charge in [-0.25, -0.2) is 15.0 Å². The Morgan fingerprint density at radius 1 is 0.359 bits per heavy atom. The van der Waals surface area contributed by atoms with Gasteiger partial charge in [-0.1, -0.05) is 126 Å². The van der Waals surface area contributed by atoms with Crippen molar-refractivity contribution in [3.8, 4) is 33.4 Å². The molecule has 0 atom stereocenters. The molecule has 9 heterocycles. The normalized spacial score (nSPS) is 21.8. The first-order chi connectivity index (χ1) is 50.5. The molecular formula is C84H118N16O3. The number of likely N-dealkylation sites (N-methyl/N-ethyl adjacent to an activating group) is 1. The maximum absolute atomic E-state index is 10.0. The highest BCUT2D eigenvalue weighted by atomic mass is 16.3. The molecule has 3 aliphatic heterocycles. The number of nitrogens with zero attached hydrogens (tertiary/aromatic N) is 13. The van der Waals surface area contributed by atoms with Crippen LogP contribution in [0, 0.1) is 0 Å². The van der Waals surface area contributed by atoms with Crippen molar-refractivity contribution < 1.29 is 15.3 Å². The van der Waals surface area contributed by atoms with Gasteiger partial charge in [-0.05, 0) is 189 Å². The molecule has 0 bridgehead atoms. The monoisotopic (exact) mass is 1400 g/mol. The molecule has 6 N–H and O–H groups in total. The second-order valence-electron chi connectivity index (χ2n) is 30.7. The van der Waals surface area contributed by atoms with Crippen LogP contribution in [0.25, 0.3) is 66.5 Å². The van der Waals surface area contributed by atoms with Crippen LogP contribution in [0.2, 0.25) is 0 Å². The van der Waals surface area contributed by atoms with Crippen molar-refractivity contribution in [1.29, 1.82) is 0 Å². The molecule has 6 aliphatic rings. The number of nitrogens with one attached hydrogen (secondary N) is 3. The Labute approximate surface area is 612 Å². The number of rotatable bonds is 24. The van der Waals surface area contributed by atoms with Gasteiger partial charge in [-0.15, -0.1) is 0 Å². The summed E-state index contributed by atoms with van der Waals surface area (Å²) in [5.41, 5.74) is 14.4. The van der Waals surface area contributed by atoms with Crippen molar-refractivity contribution in [2.45, 2.75) is 231 Å². The minimum Gasteiger partial charge on any atom is -0.393 e. The number of benzene rings is 3. The van der Waals surface area contributed by atoms with Crippen molar-refractivity contribution in [3.05, 3.63) is 127 Å². The number of unbranched alkanes of at least 4 members (excludes halogenated alkanes) is 3. The number of piperidine rings is 2. The van der Waals surface area contributed by atoms with Gasteiger partial charge < -0.3 is 49.9 Å². The van der Waals surface area contributed by atoms with E-state index >= 15 is 0 Å². The van der Waals surface area contributed by atoms with Gasteiger partial charge in [-0.3, -0.25) is 14.7 Å². The molecular weight excluding hydrogens is 1280 g/mol. The first-order valence-electron chi connectivity index (χ1n) is 40.0. The lowest BCUT2D eigenvalue weighted by molar-refractivity contribution is 0.111. The van der Waals surface area contributed by atoms with Gasteiger partial charge in [-0.2, -0.15) is 15.0 Å². The number of fused-ring (bicyclic) bond motifs is 3. The third-order valence-corrected chi connectivity index (χ3v) is 22.8. The number of aliphatic hydroxyl groups is 3. The highest BCUT2D eigenvalue weighted by molar-refractivity contribution is 5.96. The van der Waals surface area contributed by atoms with Crippen LogP contribution in [0.5, 0.6) is 0 Å². The SMILES string of the molecule is CCCCNc1ncc2c(-c3ccc(CN4CCCCC4)cc3)cn(C3CCC(O)CC3)c2n1.CCCCNc1ncc2c(-c3ccc(CN4CCCCC4)cc3)cn(C3CCC(O)CC3)c2n1.CCCCNc1ncc2c(-c3ccc(CN4CCN(C)CC4)cc3)cn(C3CCC(O)CC3)c2n1. The van der Waals surface area contributed by atoms with E-state index in [9.17, 15) is 15.3 Å². The number of hydrogen-bond donors (Lipinski definition) is 6. The van der Waals surface area contributed by atoms with E-state index in [-0.39, 0.29) is 18.3 Å². The largest absolute Gasteiger partial charge is 0.393 e. The fraction of sp³-hybridized carbons (Fsp3) is 0.571. The second-order valence-corrected chi connectivity index (χ2v) is 30.7. The molecule has 6 fully saturated rings. The van der Waals surface area contributed by atoms with Gasteiger partial charge in [0.2, 0.25) is 17.8 Å². The zero-order valence-corrected chi connectivity index (χ0v) is 62.4. The van der Waals surface area contributed by atoms with Gasteiger partial charge in [0, 0.05) is 154 Å². The summed E-state index contributed by atoms with van der Waals surface area (Å²) in [7, 11) is 2.20.